The molecular weight excluding hydrogens is 233 g/mol. The van der Waals surface area contributed by atoms with Crippen LogP contribution in [0.25, 0.3) is 5.69 Å². The molecule has 1 heterocycles. The SMILES string of the molecule is CC(O)c1cn(-c2ccc(F)c(Cl)c2)nn1. The van der Waals surface area contributed by atoms with Crippen molar-refractivity contribution in [1.82, 2.24) is 15.0 Å². The van der Waals surface area contributed by atoms with Crippen molar-refractivity contribution >= 4 is 11.6 Å². The lowest BCUT2D eigenvalue weighted by Crippen LogP contribution is -1.95. The van der Waals surface area contributed by atoms with Crippen LogP contribution in [-0.4, -0.2) is 20.1 Å². The van der Waals surface area contributed by atoms with Crippen molar-refractivity contribution in [3.8, 4) is 5.69 Å². The van der Waals surface area contributed by atoms with Gasteiger partial charge in [-0.1, -0.05) is 16.8 Å². The fraction of sp³-hybridized carbons (Fsp3) is 0.200. The van der Waals surface area contributed by atoms with Gasteiger partial charge in [-0.3, -0.25) is 0 Å². The second kappa shape index (κ2) is 4.19. The Morgan fingerprint density at radius 3 is 2.81 bits per heavy atom. The van der Waals surface area contributed by atoms with Gasteiger partial charge in [0.1, 0.15) is 11.5 Å². The summed E-state index contributed by atoms with van der Waals surface area (Å²) in [6.45, 7) is 1.59. The van der Waals surface area contributed by atoms with E-state index >= 15 is 0 Å². The van der Waals surface area contributed by atoms with E-state index in [-0.39, 0.29) is 5.02 Å². The third-order valence-electron chi connectivity index (χ3n) is 2.11. The molecule has 1 N–H and O–H groups in total. The first-order chi connectivity index (χ1) is 7.58. The van der Waals surface area contributed by atoms with E-state index < -0.39 is 11.9 Å². The smallest absolute Gasteiger partial charge is 0.141 e. The number of hydrogen-bond donors (Lipinski definition) is 1. The number of nitrogens with zero attached hydrogens (tertiary/aromatic N) is 3. The molecule has 0 saturated carbocycles. The average Bonchev–Trinajstić information content (AvgIpc) is 2.71. The fourth-order valence-corrected chi connectivity index (χ4v) is 1.40. The second-order valence-corrected chi connectivity index (χ2v) is 3.77. The Balaban J connectivity index is 2.39. The largest absolute Gasteiger partial charge is 0.387 e. The zero-order valence-electron chi connectivity index (χ0n) is 8.43. The molecule has 0 bridgehead atoms. The van der Waals surface area contributed by atoms with Crippen LogP contribution in [0.3, 0.4) is 0 Å². The lowest BCUT2D eigenvalue weighted by molar-refractivity contribution is 0.194. The van der Waals surface area contributed by atoms with Crippen LogP contribution in [0.5, 0.6) is 0 Å². The summed E-state index contributed by atoms with van der Waals surface area (Å²) >= 11 is 5.65. The van der Waals surface area contributed by atoms with Crippen molar-refractivity contribution in [3.63, 3.8) is 0 Å². The lowest BCUT2D eigenvalue weighted by Gasteiger charge is -2.01. The zero-order chi connectivity index (χ0) is 11.7. The molecule has 84 valence electrons. The maximum Gasteiger partial charge on any atom is 0.141 e. The Kier molecular flexibility index (Phi) is 2.89. The molecule has 0 saturated heterocycles. The molecule has 0 spiro atoms. The number of aliphatic hydroxyl groups excluding tert-OH is 1. The highest BCUT2D eigenvalue weighted by atomic mass is 35.5. The molecule has 2 rings (SSSR count). The summed E-state index contributed by atoms with van der Waals surface area (Å²) in [5, 5.41) is 16.9. The summed E-state index contributed by atoms with van der Waals surface area (Å²) in [6, 6.07) is 4.22. The predicted molar refractivity (Wildman–Crippen MR) is 57.0 cm³/mol. The quantitative estimate of drug-likeness (QED) is 0.876. The van der Waals surface area contributed by atoms with Gasteiger partial charge in [0.15, 0.2) is 0 Å². The normalized spacial score (nSPS) is 12.8. The molecule has 0 amide bonds. The summed E-state index contributed by atoms with van der Waals surface area (Å²) in [7, 11) is 0. The number of halogens is 2. The molecule has 16 heavy (non-hydrogen) atoms. The molecule has 0 aliphatic rings. The van der Waals surface area contributed by atoms with E-state index in [0.29, 0.717) is 11.4 Å². The third kappa shape index (κ3) is 2.05. The molecule has 4 nitrogen and oxygen atoms in total. The van der Waals surface area contributed by atoms with E-state index in [9.17, 15) is 9.50 Å². The molecule has 1 atom stereocenters. The van der Waals surface area contributed by atoms with Gasteiger partial charge in [-0.25, -0.2) is 9.07 Å². The van der Waals surface area contributed by atoms with Gasteiger partial charge < -0.3 is 5.11 Å². The summed E-state index contributed by atoms with van der Waals surface area (Å²) < 4.78 is 14.4. The van der Waals surface area contributed by atoms with Crippen molar-refractivity contribution in [2.75, 3.05) is 0 Å². The zero-order valence-corrected chi connectivity index (χ0v) is 9.19. The summed E-state index contributed by atoms with van der Waals surface area (Å²) in [5.41, 5.74) is 1.03. The number of aromatic nitrogens is 3. The van der Waals surface area contributed by atoms with E-state index in [1.165, 1.54) is 22.9 Å². The Bertz CT molecular complexity index is 513. The molecule has 0 aliphatic heterocycles. The van der Waals surface area contributed by atoms with E-state index in [0.717, 1.165) is 0 Å². The van der Waals surface area contributed by atoms with E-state index in [2.05, 4.69) is 10.3 Å². The highest BCUT2D eigenvalue weighted by molar-refractivity contribution is 6.30. The lowest BCUT2D eigenvalue weighted by atomic mass is 10.3. The van der Waals surface area contributed by atoms with Crippen LogP contribution in [0.15, 0.2) is 24.4 Å². The minimum atomic E-state index is -0.690. The minimum absolute atomic E-state index is 0.0200. The van der Waals surface area contributed by atoms with Crippen LogP contribution in [0.2, 0.25) is 5.02 Å². The maximum absolute atomic E-state index is 12.9. The van der Waals surface area contributed by atoms with Crippen LogP contribution < -0.4 is 0 Å². The highest BCUT2D eigenvalue weighted by Gasteiger charge is 2.08. The maximum atomic E-state index is 12.9. The minimum Gasteiger partial charge on any atom is -0.387 e. The first-order valence-electron chi connectivity index (χ1n) is 4.63. The summed E-state index contributed by atoms with van der Waals surface area (Å²) in [6.07, 6.45) is 0.874. The third-order valence-corrected chi connectivity index (χ3v) is 2.40. The number of benzene rings is 1. The molecular formula is C10H9ClFN3O. The topological polar surface area (TPSA) is 50.9 Å². The Morgan fingerprint density at radius 2 is 2.25 bits per heavy atom. The summed E-state index contributed by atoms with van der Waals surface area (Å²) in [4.78, 5) is 0. The first kappa shape index (κ1) is 11.0. The van der Waals surface area contributed by atoms with Gasteiger partial charge in [0, 0.05) is 0 Å². The van der Waals surface area contributed by atoms with E-state index in [1.807, 2.05) is 0 Å². The molecule has 1 unspecified atom stereocenters. The second-order valence-electron chi connectivity index (χ2n) is 3.36. The van der Waals surface area contributed by atoms with Crippen LogP contribution in [-0.2, 0) is 0 Å². The molecule has 2 aromatic rings. The molecule has 0 aliphatic carbocycles. The molecule has 0 radical (unpaired) electrons. The highest BCUT2D eigenvalue weighted by Crippen LogP contribution is 2.19. The van der Waals surface area contributed by atoms with Gasteiger partial charge in [0.2, 0.25) is 0 Å². The van der Waals surface area contributed by atoms with Gasteiger partial charge in [0.25, 0.3) is 0 Å². The predicted octanol–water partition coefficient (Wildman–Crippen LogP) is 2.11. The molecule has 0 fully saturated rings. The Morgan fingerprint density at radius 1 is 1.50 bits per heavy atom. The van der Waals surface area contributed by atoms with E-state index in [1.54, 1.807) is 13.1 Å². The number of hydrogen-bond acceptors (Lipinski definition) is 3. The van der Waals surface area contributed by atoms with Crippen molar-refractivity contribution in [1.29, 1.82) is 0 Å². The molecule has 1 aromatic carbocycles. The van der Waals surface area contributed by atoms with Gasteiger partial charge >= 0.3 is 0 Å². The average molecular weight is 242 g/mol. The Hall–Kier alpha value is -1.46. The van der Waals surface area contributed by atoms with Gasteiger partial charge in [0.05, 0.1) is 23.0 Å². The summed E-state index contributed by atoms with van der Waals surface area (Å²) in [5.74, 6) is -0.485. The van der Waals surface area contributed by atoms with Crippen LogP contribution >= 0.6 is 11.6 Å². The molecule has 6 heteroatoms. The van der Waals surface area contributed by atoms with Gasteiger partial charge in [-0.05, 0) is 25.1 Å². The van der Waals surface area contributed by atoms with E-state index in [4.69, 9.17) is 11.6 Å². The fourth-order valence-electron chi connectivity index (χ4n) is 1.22. The first-order valence-corrected chi connectivity index (χ1v) is 5.01. The van der Waals surface area contributed by atoms with Crippen molar-refractivity contribution < 1.29 is 9.50 Å². The van der Waals surface area contributed by atoms with Crippen molar-refractivity contribution in [2.45, 2.75) is 13.0 Å². The standard InChI is InChI=1S/C10H9ClFN3O/c1-6(16)10-5-15(14-13-10)7-2-3-9(12)8(11)4-7/h2-6,16H,1H3. The number of rotatable bonds is 2. The van der Waals surface area contributed by atoms with Crippen LogP contribution in [0.4, 0.5) is 4.39 Å². The van der Waals surface area contributed by atoms with Crippen molar-refractivity contribution in [2.24, 2.45) is 0 Å². The number of aliphatic hydroxyl groups is 1. The van der Waals surface area contributed by atoms with Crippen LogP contribution in [0, 0.1) is 5.82 Å². The van der Waals surface area contributed by atoms with Gasteiger partial charge in [-0.15, -0.1) is 5.10 Å². The monoisotopic (exact) mass is 241 g/mol. The van der Waals surface area contributed by atoms with Crippen LogP contribution in [0.1, 0.15) is 18.7 Å². The Labute approximate surface area is 96.3 Å². The molecule has 1 aromatic heterocycles. The van der Waals surface area contributed by atoms with Crippen molar-refractivity contribution in [3.05, 3.63) is 40.9 Å². The van der Waals surface area contributed by atoms with Gasteiger partial charge in [-0.2, -0.15) is 0 Å².